The van der Waals surface area contributed by atoms with E-state index in [-0.39, 0.29) is 0 Å². The van der Waals surface area contributed by atoms with Crippen molar-refractivity contribution < 1.29 is 0 Å². The summed E-state index contributed by atoms with van der Waals surface area (Å²) in [6, 6.07) is 202. The van der Waals surface area contributed by atoms with Crippen molar-refractivity contribution in [2.75, 3.05) is 0 Å². The minimum Gasteiger partial charge on any atom is -0.0622 e. The molecule has 0 heterocycles. The Hall–Kier alpha value is -17.2. The molecule has 0 radical (unpaired) electrons. The van der Waals surface area contributed by atoms with Crippen LogP contribution in [0.3, 0.4) is 0 Å². The van der Waals surface area contributed by atoms with Gasteiger partial charge in [-0.05, 0) is 386 Å². The van der Waals surface area contributed by atoms with Crippen LogP contribution in [0.1, 0.15) is 27.8 Å². The molecule has 22 aromatic rings. The first-order valence-electron chi connectivity index (χ1n) is 46.4. The Morgan fingerprint density at radius 3 is 0.493 bits per heavy atom. The molecule has 0 fully saturated rings. The second kappa shape index (κ2) is 35.7. The molecule has 0 aliphatic heterocycles. The molecule has 628 valence electrons. The molecule has 0 spiro atoms. The molecule has 0 aromatic heterocycles. The van der Waals surface area contributed by atoms with Crippen LogP contribution in [0.15, 0.2) is 540 Å². The highest BCUT2D eigenvalue weighted by Gasteiger charge is 2.48. The predicted octanol–water partition coefficient (Wildman–Crippen LogP) is 36.4. The van der Waals surface area contributed by atoms with Gasteiger partial charge in [0.25, 0.3) is 0 Å². The van der Waals surface area contributed by atoms with Crippen LogP contribution in [0, 0.1) is 6.92 Å². The van der Waals surface area contributed by atoms with Crippen molar-refractivity contribution in [3.63, 3.8) is 0 Å². The van der Waals surface area contributed by atoms with Crippen molar-refractivity contribution >= 4 is 0 Å². The van der Waals surface area contributed by atoms with Gasteiger partial charge in [0.2, 0.25) is 0 Å². The molecule has 134 heavy (non-hydrogen) atoms. The standard InChI is InChI=1S/C134H92/c1-91-36-29-66-130-132(91)133-129(110-64-34-55-101(72-110)92-37-11-2-12-38-92)65-35-67-131(133)134(130,127-87-123(106-60-30-56-102(68-106)119-77-111(93-39-13-3-14-40-93)73-112(78-119)94-41-15-4-16-42-94)85-124(88-127)107-61-31-57-103(69-107)120-79-113(95-43-17-5-18-44-95)74-114(80-120)96-45-19-6-20-46-96)128-89-125(108-62-32-58-104(70-108)121-81-115(97-47-21-7-22-48-97)75-116(82-121)98-49-23-8-24-50-98)86-126(90-128)109-63-33-59-105(71-109)122-83-117(99-51-25-9-26-52-99)76-118(84-122)100-53-27-10-28-54-100/h2-90H,1H3. The summed E-state index contributed by atoms with van der Waals surface area (Å²) in [4.78, 5) is 0. The van der Waals surface area contributed by atoms with Crippen LogP contribution in [0.25, 0.3) is 211 Å². The summed E-state index contributed by atoms with van der Waals surface area (Å²) >= 11 is 0. The minimum absolute atomic E-state index is 1.05. The lowest BCUT2D eigenvalue weighted by molar-refractivity contribution is 0.769. The van der Waals surface area contributed by atoms with Crippen LogP contribution in [0.2, 0.25) is 0 Å². The summed E-state index contributed by atoms with van der Waals surface area (Å²) in [5.41, 5.74) is 48.4. The molecule has 23 rings (SSSR count). The number of benzene rings is 22. The van der Waals surface area contributed by atoms with E-state index in [1.54, 1.807) is 0 Å². The van der Waals surface area contributed by atoms with E-state index in [0.29, 0.717) is 0 Å². The average molecular weight is 1700 g/mol. The van der Waals surface area contributed by atoms with Crippen LogP contribution >= 0.6 is 0 Å². The smallest absolute Gasteiger partial charge is 0.0622 e. The Kier molecular flexibility index (Phi) is 21.7. The van der Waals surface area contributed by atoms with E-state index >= 15 is 0 Å². The zero-order valence-corrected chi connectivity index (χ0v) is 74.4. The lowest BCUT2D eigenvalue weighted by Crippen LogP contribution is -2.29. The van der Waals surface area contributed by atoms with Gasteiger partial charge >= 0.3 is 0 Å². The Labute approximate surface area is 785 Å². The summed E-state index contributed by atoms with van der Waals surface area (Å²) in [6.45, 7) is 2.34. The maximum Gasteiger partial charge on any atom is 0.0714 e. The second-order valence-electron chi connectivity index (χ2n) is 35.5. The lowest BCUT2D eigenvalue weighted by Gasteiger charge is -2.36. The number of rotatable bonds is 20. The van der Waals surface area contributed by atoms with Gasteiger partial charge in [0.05, 0.1) is 5.41 Å². The Balaban J connectivity index is 0.811. The van der Waals surface area contributed by atoms with Gasteiger partial charge in [0.1, 0.15) is 0 Å². The third-order valence-electron chi connectivity index (χ3n) is 27.1. The fraction of sp³-hybridized carbons (Fsp3) is 0.0149. The fourth-order valence-corrected chi connectivity index (χ4v) is 20.5. The minimum atomic E-state index is -1.05. The summed E-state index contributed by atoms with van der Waals surface area (Å²) < 4.78 is 0. The maximum atomic E-state index is 2.57. The number of hydrogen-bond acceptors (Lipinski definition) is 0. The van der Waals surface area contributed by atoms with Crippen molar-refractivity contribution in [3.8, 4) is 211 Å². The molecule has 0 nitrogen and oxygen atoms in total. The van der Waals surface area contributed by atoms with E-state index in [0.717, 1.165) is 156 Å². The van der Waals surface area contributed by atoms with Crippen LogP contribution in [-0.2, 0) is 5.41 Å². The van der Waals surface area contributed by atoms with Crippen LogP contribution in [-0.4, -0.2) is 0 Å². The molecule has 0 N–H and O–H groups in total. The van der Waals surface area contributed by atoms with Crippen molar-refractivity contribution in [1.82, 2.24) is 0 Å². The van der Waals surface area contributed by atoms with Gasteiger partial charge < -0.3 is 0 Å². The van der Waals surface area contributed by atoms with E-state index in [1.165, 1.54) is 83.5 Å². The van der Waals surface area contributed by atoms with Crippen molar-refractivity contribution in [2.24, 2.45) is 0 Å². The molecule has 1 aliphatic rings. The van der Waals surface area contributed by atoms with E-state index in [9.17, 15) is 0 Å². The van der Waals surface area contributed by atoms with Gasteiger partial charge in [-0.2, -0.15) is 0 Å². The van der Waals surface area contributed by atoms with E-state index < -0.39 is 5.41 Å². The third kappa shape index (κ3) is 16.0. The zero-order chi connectivity index (χ0) is 89.3. The number of aryl methyl sites for hydroxylation is 1. The average Bonchev–Trinajstić information content (AvgIpc) is 1.52. The summed E-state index contributed by atoms with van der Waals surface area (Å²) in [5.74, 6) is 0. The highest BCUT2D eigenvalue weighted by Crippen LogP contribution is 2.61. The van der Waals surface area contributed by atoms with Gasteiger partial charge in [0, 0.05) is 0 Å². The Morgan fingerprint density at radius 2 is 0.261 bits per heavy atom. The zero-order valence-electron chi connectivity index (χ0n) is 74.4. The van der Waals surface area contributed by atoms with E-state index in [2.05, 4.69) is 547 Å². The molecule has 0 unspecified atom stereocenters. The topological polar surface area (TPSA) is 0 Å². The van der Waals surface area contributed by atoms with Crippen molar-refractivity contribution in [2.45, 2.75) is 12.3 Å². The molecule has 0 saturated carbocycles. The molecular weight excluding hydrogens is 1610 g/mol. The highest BCUT2D eigenvalue weighted by molar-refractivity contribution is 6.00. The predicted molar refractivity (Wildman–Crippen MR) is 566 cm³/mol. The number of hydrogen-bond donors (Lipinski definition) is 0. The second-order valence-corrected chi connectivity index (χ2v) is 35.5. The van der Waals surface area contributed by atoms with Crippen LogP contribution in [0.5, 0.6) is 0 Å². The molecule has 0 heteroatoms. The molecule has 0 atom stereocenters. The SMILES string of the molecule is Cc1cccc2c1-c1c(-c3cccc(-c4ccccc4)c3)cccc1C2(c1cc(-c2cccc(-c3cc(-c4ccccc4)cc(-c4ccccc4)c3)c2)cc(-c2cccc(-c3cc(-c4ccccc4)cc(-c4ccccc4)c3)c2)c1)c1cc(-c2cccc(-c3cc(-c4ccccc4)cc(-c4ccccc4)c3)c2)cc(-c2cccc(-c3cc(-c4ccccc4)cc(-c4ccccc4)c3)c2)c1. The van der Waals surface area contributed by atoms with Crippen molar-refractivity contribution in [3.05, 3.63) is 568 Å². The van der Waals surface area contributed by atoms with Gasteiger partial charge in [-0.3, -0.25) is 0 Å². The quantitative estimate of drug-likeness (QED) is 0.0713. The van der Waals surface area contributed by atoms with Gasteiger partial charge in [-0.1, -0.05) is 400 Å². The van der Waals surface area contributed by atoms with Gasteiger partial charge in [0.15, 0.2) is 0 Å². The lowest BCUT2D eigenvalue weighted by atomic mass is 9.65. The first-order chi connectivity index (χ1) is 66.2. The first kappa shape index (κ1) is 81.3. The summed E-state index contributed by atoms with van der Waals surface area (Å²) in [7, 11) is 0. The molecular formula is C134H92. The monoisotopic (exact) mass is 1700 g/mol. The number of fused-ring (bicyclic) bond motifs is 3. The first-order valence-corrected chi connectivity index (χ1v) is 46.4. The third-order valence-corrected chi connectivity index (χ3v) is 27.1. The van der Waals surface area contributed by atoms with E-state index in [1.807, 2.05) is 0 Å². The van der Waals surface area contributed by atoms with Crippen LogP contribution in [0.4, 0.5) is 0 Å². The Bertz CT molecular complexity index is 7100. The highest BCUT2D eigenvalue weighted by atomic mass is 14.5. The summed E-state index contributed by atoms with van der Waals surface area (Å²) in [6.07, 6.45) is 0. The molecule has 22 aromatic carbocycles. The molecule has 0 amide bonds. The van der Waals surface area contributed by atoms with Gasteiger partial charge in [-0.25, -0.2) is 0 Å². The van der Waals surface area contributed by atoms with Crippen molar-refractivity contribution in [1.29, 1.82) is 0 Å². The molecule has 1 aliphatic carbocycles. The largest absolute Gasteiger partial charge is 0.0714 e. The Morgan fingerprint density at radius 1 is 0.112 bits per heavy atom. The van der Waals surface area contributed by atoms with Gasteiger partial charge in [-0.15, -0.1) is 0 Å². The normalized spacial score (nSPS) is 11.8. The van der Waals surface area contributed by atoms with E-state index in [4.69, 9.17) is 0 Å². The molecule has 0 saturated heterocycles. The summed E-state index contributed by atoms with van der Waals surface area (Å²) in [5, 5.41) is 0. The van der Waals surface area contributed by atoms with Crippen LogP contribution < -0.4 is 0 Å². The molecule has 0 bridgehead atoms. The fourth-order valence-electron chi connectivity index (χ4n) is 20.5. The maximum absolute atomic E-state index is 2.57.